The van der Waals surface area contributed by atoms with Crippen LogP contribution < -0.4 is 5.32 Å². The van der Waals surface area contributed by atoms with E-state index in [1.165, 1.54) is 16.3 Å². The van der Waals surface area contributed by atoms with Gasteiger partial charge in [0.2, 0.25) is 0 Å². The summed E-state index contributed by atoms with van der Waals surface area (Å²) in [6.07, 6.45) is 7.39. The van der Waals surface area contributed by atoms with Gasteiger partial charge in [-0.25, -0.2) is 0 Å². The molecule has 1 aromatic carbocycles. The van der Waals surface area contributed by atoms with Gasteiger partial charge in [-0.3, -0.25) is 4.98 Å². The molecule has 0 fully saturated rings. The summed E-state index contributed by atoms with van der Waals surface area (Å²) in [5.74, 6) is 0. The number of rotatable bonds is 8. The van der Waals surface area contributed by atoms with Gasteiger partial charge >= 0.3 is 0 Å². The first kappa shape index (κ1) is 15.9. The standard InChI is InChI=1S/C18H26N2O/c1-4-11-20-18(9-8-14(2)21-3)17-7-5-6-15-13-19-12-10-16(15)17/h5-7,10,12-14,18,20H,4,8-9,11H2,1-3H3. The maximum Gasteiger partial charge on any atom is 0.0543 e. The van der Waals surface area contributed by atoms with Crippen LogP contribution >= 0.6 is 0 Å². The highest BCUT2D eigenvalue weighted by Gasteiger charge is 2.15. The van der Waals surface area contributed by atoms with Crippen LogP contribution in [0.4, 0.5) is 0 Å². The number of pyridine rings is 1. The lowest BCUT2D eigenvalue weighted by molar-refractivity contribution is 0.106. The molecule has 0 spiro atoms. The van der Waals surface area contributed by atoms with Gasteiger partial charge in [-0.05, 0) is 49.7 Å². The number of hydrogen-bond acceptors (Lipinski definition) is 3. The second-order valence-electron chi connectivity index (χ2n) is 5.57. The van der Waals surface area contributed by atoms with E-state index in [0.29, 0.717) is 12.1 Å². The highest BCUT2D eigenvalue weighted by molar-refractivity contribution is 5.85. The Morgan fingerprint density at radius 3 is 2.86 bits per heavy atom. The first-order valence-electron chi connectivity index (χ1n) is 7.85. The van der Waals surface area contributed by atoms with Crippen LogP contribution in [-0.2, 0) is 4.74 Å². The number of methoxy groups -OCH3 is 1. The number of benzene rings is 1. The SMILES string of the molecule is CCCNC(CCC(C)OC)c1cccc2cnccc12. The molecule has 0 aliphatic heterocycles. The van der Waals surface area contributed by atoms with Crippen LogP contribution in [0.25, 0.3) is 10.8 Å². The lowest BCUT2D eigenvalue weighted by atomic mass is 9.95. The second kappa shape index (κ2) is 8.11. The van der Waals surface area contributed by atoms with Crippen molar-refractivity contribution < 1.29 is 4.74 Å². The predicted molar refractivity (Wildman–Crippen MR) is 88.5 cm³/mol. The van der Waals surface area contributed by atoms with Crippen LogP contribution in [-0.4, -0.2) is 24.7 Å². The summed E-state index contributed by atoms with van der Waals surface area (Å²) in [6.45, 7) is 5.37. The molecule has 0 saturated carbocycles. The zero-order valence-corrected chi connectivity index (χ0v) is 13.3. The lowest BCUT2D eigenvalue weighted by Crippen LogP contribution is -2.23. The molecule has 1 aromatic heterocycles. The molecule has 0 saturated heterocycles. The predicted octanol–water partition coefficient (Wildman–Crippen LogP) is 4.09. The molecule has 21 heavy (non-hydrogen) atoms. The van der Waals surface area contributed by atoms with Crippen molar-refractivity contribution in [3.8, 4) is 0 Å². The Morgan fingerprint density at radius 1 is 1.24 bits per heavy atom. The van der Waals surface area contributed by atoms with E-state index in [9.17, 15) is 0 Å². The molecule has 114 valence electrons. The third-order valence-electron chi connectivity index (χ3n) is 3.99. The fraction of sp³-hybridized carbons (Fsp3) is 0.500. The molecule has 2 aromatic rings. The second-order valence-corrected chi connectivity index (χ2v) is 5.57. The molecule has 0 bridgehead atoms. The average molecular weight is 286 g/mol. The molecule has 2 unspecified atom stereocenters. The fourth-order valence-electron chi connectivity index (χ4n) is 2.66. The summed E-state index contributed by atoms with van der Waals surface area (Å²) < 4.78 is 5.39. The quantitative estimate of drug-likeness (QED) is 0.793. The molecule has 1 heterocycles. The monoisotopic (exact) mass is 286 g/mol. The van der Waals surface area contributed by atoms with Crippen molar-refractivity contribution >= 4 is 10.8 Å². The summed E-state index contributed by atoms with van der Waals surface area (Å²) in [7, 11) is 1.78. The highest BCUT2D eigenvalue weighted by Crippen LogP contribution is 2.27. The van der Waals surface area contributed by atoms with E-state index in [2.05, 4.69) is 48.4 Å². The van der Waals surface area contributed by atoms with E-state index in [4.69, 9.17) is 4.74 Å². The Morgan fingerprint density at radius 2 is 2.10 bits per heavy atom. The summed E-state index contributed by atoms with van der Waals surface area (Å²) in [5.41, 5.74) is 1.37. The first-order valence-corrected chi connectivity index (χ1v) is 7.85. The van der Waals surface area contributed by atoms with Crippen molar-refractivity contribution in [1.29, 1.82) is 0 Å². The molecule has 0 amide bonds. The van der Waals surface area contributed by atoms with E-state index in [1.807, 2.05) is 12.4 Å². The van der Waals surface area contributed by atoms with Gasteiger partial charge < -0.3 is 10.1 Å². The maximum absolute atomic E-state index is 5.39. The van der Waals surface area contributed by atoms with E-state index in [0.717, 1.165) is 25.8 Å². The molecule has 2 rings (SSSR count). The number of fused-ring (bicyclic) bond motifs is 1. The number of nitrogens with one attached hydrogen (secondary N) is 1. The molecule has 3 nitrogen and oxygen atoms in total. The first-order chi connectivity index (χ1) is 10.3. The molecule has 2 atom stereocenters. The van der Waals surface area contributed by atoms with Crippen LogP contribution in [0.5, 0.6) is 0 Å². The molecular weight excluding hydrogens is 260 g/mol. The number of ether oxygens (including phenoxy) is 1. The van der Waals surface area contributed by atoms with E-state index < -0.39 is 0 Å². The Hall–Kier alpha value is -1.45. The maximum atomic E-state index is 5.39. The van der Waals surface area contributed by atoms with Crippen molar-refractivity contribution in [2.24, 2.45) is 0 Å². The largest absolute Gasteiger partial charge is 0.382 e. The van der Waals surface area contributed by atoms with E-state index >= 15 is 0 Å². The number of hydrogen-bond donors (Lipinski definition) is 1. The molecule has 3 heteroatoms. The van der Waals surface area contributed by atoms with Crippen molar-refractivity contribution in [3.63, 3.8) is 0 Å². The minimum absolute atomic E-state index is 0.299. The van der Waals surface area contributed by atoms with Gasteiger partial charge in [0.05, 0.1) is 6.10 Å². The summed E-state index contributed by atoms with van der Waals surface area (Å²) >= 11 is 0. The lowest BCUT2D eigenvalue weighted by Gasteiger charge is -2.22. The molecular formula is C18H26N2O. The normalized spacial score (nSPS) is 14.2. The van der Waals surface area contributed by atoms with E-state index in [-0.39, 0.29) is 0 Å². The molecule has 0 radical (unpaired) electrons. The van der Waals surface area contributed by atoms with Crippen LogP contribution in [0.3, 0.4) is 0 Å². The van der Waals surface area contributed by atoms with Gasteiger partial charge in [0.1, 0.15) is 0 Å². The third kappa shape index (κ3) is 4.26. The zero-order valence-electron chi connectivity index (χ0n) is 13.3. The Balaban J connectivity index is 2.25. The minimum Gasteiger partial charge on any atom is -0.382 e. The third-order valence-corrected chi connectivity index (χ3v) is 3.99. The molecule has 0 aliphatic rings. The molecule has 1 N–H and O–H groups in total. The van der Waals surface area contributed by atoms with Crippen molar-refractivity contribution in [2.75, 3.05) is 13.7 Å². The van der Waals surface area contributed by atoms with Crippen LogP contribution in [0.1, 0.15) is 44.7 Å². The topological polar surface area (TPSA) is 34.1 Å². The van der Waals surface area contributed by atoms with Crippen molar-refractivity contribution in [2.45, 2.75) is 45.3 Å². The van der Waals surface area contributed by atoms with Crippen molar-refractivity contribution in [3.05, 3.63) is 42.2 Å². The van der Waals surface area contributed by atoms with Gasteiger partial charge in [-0.15, -0.1) is 0 Å². The van der Waals surface area contributed by atoms with Crippen LogP contribution in [0, 0.1) is 0 Å². The number of aromatic nitrogens is 1. The Bertz CT molecular complexity index is 550. The van der Waals surface area contributed by atoms with E-state index in [1.54, 1.807) is 7.11 Å². The van der Waals surface area contributed by atoms with Gasteiger partial charge in [0.25, 0.3) is 0 Å². The fourth-order valence-corrected chi connectivity index (χ4v) is 2.66. The van der Waals surface area contributed by atoms with Gasteiger partial charge in [-0.1, -0.05) is 25.1 Å². The van der Waals surface area contributed by atoms with Crippen LogP contribution in [0.2, 0.25) is 0 Å². The minimum atomic E-state index is 0.299. The molecule has 0 aliphatic carbocycles. The van der Waals surface area contributed by atoms with Gasteiger partial charge in [0.15, 0.2) is 0 Å². The highest BCUT2D eigenvalue weighted by atomic mass is 16.5. The summed E-state index contributed by atoms with van der Waals surface area (Å²) in [6, 6.07) is 8.96. The number of nitrogens with zero attached hydrogens (tertiary/aromatic N) is 1. The van der Waals surface area contributed by atoms with Crippen LogP contribution in [0.15, 0.2) is 36.7 Å². The van der Waals surface area contributed by atoms with Gasteiger partial charge in [0, 0.05) is 30.9 Å². The zero-order chi connectivity index (χ0) is 15.1. The summed E-state index contributed by atoms with van der Waals surface area (Å²) in [5, 5.41) is 6.19. The Kier molecular flexibility index (Phi) is 6.15. The Labute approximate surface area is 127 Å². The average Bonchev–Trinajstić information content (AvgIpc) is 2.54. The van der Waals surface area contributed by atoms with Gasteiger partial charge in [-0.2, -0.15) is 0 Å². The van der Waals surface area contributed by atoms with Crippen molar-refractivity contribution in [1.82, 2.24) is 10.3 Å². The summed E-state index contributed by atoms with van der Waals surface area (Å²) in [4.78, 5) is 4.22. The smallest absolute Gasteiger partial charge is 0.0543 e.